The van der Waals surface area contributed by atoms with E-state index in [9.17, 15) is 38.4 Å². The van der Waals surface area contributed by atoms with Crippen LogP contribution >= 0.6 is 0 Å². The van der Waals surface area contributed by atoms with E-state index < -0.39 is 0 Å². The first kappa shape index (κ1) is 116. The van der Waals surface area contributed by atoms with Gasteiger partial charge in [-0.05, 0) is 119 Å². The molecule has 7 N–H and O–H groups in total. The molecule has 0 unspecified atom stereocenters. The fraction of sp³-hybridized carbons (Fsp3) is 0.846. The Kier molecular flexibility index (Phi) is 101. The van der Waals surface area contributed by atoms with Gasteiger partial charge in [0.2, 0.25) is 23.6 Å². The highest BCUT2D eigenvalue weighted by Crippen LogP contribution is 2.07. The van der Waals surface area contributed by atoms with Gasteiger partial charge in [-0.25, -0.2) is 14.8 Å². The topological polar surface area (TPSA) is 411 Å². The van der Waals surface area contributed by atoms with Crippen LogP contribution in [-0.2, 0) is 131 Å². The minimum Gasteiger partial charge on any atom is -0.379 e. The number of likely N-dealkylation sites (N-methyl/N-ethyl adjacent to an activating group) is 4. The molecule has 0 aliphatic carbocycles. The van der Waals surface area contributed by atoms with Gasteiger partial charge in [0, 0.05) is 107 Å². The Labute approximate surface area is 677 Å². The highest BCUT2D eigenvalue weighted by atomic mass is 16.7. The lowest BCUT2D eigenvalue weighted by atomic mass is 10.1. The van der Waals surface area contributed by atoms with Crippen LogP contribution in [0.3, 0.4) is 0 Å². The predicted molar refractivity (Wildman–Crippen MR) is 435 cm³/mol. The molecule has 0 fully saturated rings. The zero-order valence-corrected chi connectivity index (χ0v) is 72.1. The Morgan fingerprint density at radius 3 is 1.02 bits per heavy atom. The van der Waals surface area contributed by atoms with Crippen LogP contribution in [0.1, 0.15) is 182 Å². The molecular formula is C78H155N13O22. The first-order chi connectivity index (χ1) is 54.8. The summed E-state index contributed by atoms with van der Waals surface area (Å²) in [7, 11) is 11.9. The summed E-state index contributed by atoms with van der Waals surface area (Å²) in [6.07, 6.45) is 25.3. The van der Waals surface area contributed by atoms with Gasteiger partial charge >= 0.3 is 0 Å². The number of rotatable bonds is 72. The number of aromatic nitrogens is 6. The van der Waals surface area contributed by atoms with Crippen LogP contribution in [0.15, 0.2) is 12.4 Å². The minimum atomic E-state index is -0.124. The van der Waals surface area contributed by atoms with E-state index in [4.69, 9.17) is 66.4 Å². The van der Waals surface area contributed by atoms with E-state index in [1.54, 1.807) is 58.3 Å². The number of carbonyl (C=O) groups excluding carboxylic acids is 8. The number of nitrogens with one attached hydrogen (secondary N) is 7. The second-order valence-electron chi connectivity index (χ2n) is 25.3. The van der Waals surface area contributed by atoms with Gasteiger partial charge in [-0.15, -0.1) is 10.2 Å². The number of nitrogens with zero attached hydrogens (tertiary/aromatic N) is 6. The smallest absolute Gasteiger partial charge is 0.245 e. The molecule has 4 amide bonds. The maximum absolute atomic E-state index is 11.1. The average Bonchev–Trinajstić information content (AvgIpc) is 1.79. The summed E-state index contributed by atoms with van der Waals surface area (Å²) >= 11 is 0. The van der Waals surface area contributed by atoms with E-state index in [0.717, 1.165) is 128 Å². The number of ether oxygens (including phenoxy) is 13. The van der Waals surface area contributed by atoms with E-state index in [2.05, 4.69) is 64.9 Å². The largest absolute Gasteiger partial charge is 0.379 e. The third-order valence-electron chi connectivity index (χ3n) is 14.3. The predicted octanol–water partition coefficient (Wildman–Crippen LogP) is 5.19. The van der Waals surface area contributed by atoms with Gasteiger partial charge in [-0.3, -0.25) is 33.6 Å². The Morgan fingerprint density at radius 2 is 0.655 bits per heavy atom. The third kappa shape index (κ3) is 106. The zero-order chi connectivity index (χ0) is 84.8. The van der Waals surface area contributed by atoms with Gasteiger partial charge in [-0.2, -0.15) is 0 Å². The number of hydrogen-bond donors (Lipinski definition) is 7. The molecule has 35 nitrogen and oxygen atoms in total. The first-order valence-electron chi connectivity index (χ1n) is 40.4. The monoisotopic (exact) mass is 1630 g/mol. The number of amides is 4. The standard InChI is InChI=1S/C16H30N4O4.C14H27NO4.C12H22N4O3.C12H25NO2.C10H21NO4.C8H17NO3.C6H13NO2/c1-15(21)4-3-5-16-14-20(19-18-16)7-9-23-11-13-24-12-10-22-8-6-17-2;1-13(16)11-19-10-8-6-4-3-5-7-9-15-14(17)12-18-2;1-11(17)4-3-5-12-10-16(15-14-12)6-7-18-8-9-19-13-2;1-12(14)11-15-10-8-6-4-3-5-7-9-13-2;1-3-4-13-5-6-14-7-8-15-9-10(12)11-2;1-3-4-11-5-6-12-7-8(10)9-2;1-3-4-9-5-6(8)7-2/h14,17H,3-13H2,1-2H3;3-12H2,1-2H3,(H,15,17);10,13H,3-9H2,1-2H3;13H,3-11H2,1-2H3;3-9H2,1-2H3,(H,11,12);3-7H2,1-2H3,(H,9,10);3-5H2,1-2H3,(H,7,8). The first-order valence-corrected chi connectivity index (χ1v) is 40.4. The number of unbranched alkanes of at least 4 members (excludes halogenated alkanes) is 10. The van der Waals surface area contributed by atoms with E-state index in [1.807, 2.05) is 40.3 Å². The number of Topliss-reactive ketones (excluding diaryl/α,β-unsaturated/α-hetero) is 4. The van der Waals surface area contributed by atoms with Crippen LogP contribution < -0.4 is 37.4 Å². The van der Waals surface area contributed by atoms with Gasteiger partial charge in [-0.1, -0.05) is 82.6 Å². The van der Waals surface area contributed by atoms with Crippen LogP contribution in [0.5, 0.6) is 0 Å². The molecule has 0 spiro atoms. The number of hydroxylamine groups is 1. The molecular weight excluding hydrogens is 1470 g/mol. The van der Waals surface area contributed by atoms with Gasteiger partial charge in [0.05, 0.1) is 124 Å². The van der Waals surface area contributed by atoms with Crippen molar-refractivity contribution in [2.45, 2.75) is 196 Å². The molecule has 0 aromatic carbocycles. The lowest BCUT2D eigenvalue weighted by molar-refractivity contribution is -0.126. The molecule has 0 aliphatic rings. The van der Waals surface area contributed by atoms with Crippen molar-refractivity contribution < 1.29 is 105 Å². The summed E-state index contributed by atoms with van der Waals surface area (Å²) in [4.78, 5) is 90.6. The van der Waals surface area contributed by atoms with Crippen molar-refractivity contribution in [1.29, 1.82) is 0 Å². The lowest BCUT2D eigenvalue weighted by Gasteiger charge is -2.06. The summed E-state index contributed by atoms with van der Waals surface area (Å²) < 4.78 is 70.7. The molecule has 0 bridgehead atoms. The molecule has 2 aromatic rings. The molecule has 0 atom stereocenters. The van der Waals surface area contributed by atoms with Crippen molar-refractivity contribution in [2.24, 2.45) is 0 Å². The summed E-state index contributed by atoms with van der Waals surface area (Å²) in [5.74, 6) is 0.269. The van der Waals surface area contributed by atoms with Crippen LogP contribution in [0.25, 0.3) is 0 Å². The van der Waals surface area contributed by atoms with E-state index in [0.29, 0.717) is 138 Å². The van der Waals surface area contributed by atoms with Crippen LogP contribution in [0.2, 0.25) is 0 Å². The fourth-order valence-corrected chi connectivity index (χ4v) is 8.39. The average molecular weight is 1630 g/mol. The number of hydrogen-bond acceptors (Lipinski definition) is 29. The van der Waals surface area contributed by atoms with Crippen molar-refractivity contribution >= 4 is 46.8 Å². The Hall–Kier alpha value is -5.84. The highest BCUT2D eigenvalue weighted by molar-refractivity contribution is 5.78. The Morgan fingerprint density at radius 1 is 0.327 bits per heavy atom. The van der Waals surface area contributed by atoms with Gasteiger partial charge in [0.15, 0.2) is 11.6 Å². The summed E-state index contributed by atoms with van der Waals surface area (Å²) in [5, 5.41) is 32.5. The second-order valence-corrected chi connectivity index (χ2v) is 25.3. The fourth-order valence-electron chi connectivity index (χ4n) is 8.39. The van der Waals surface area contributed by atoms with Crippen molar-refractivity contribution in [3.63, 3.8) is 0 Å². The van der Waals surface area contributed by atoms with Crippen LogP contribution in [-0.4, -0.2) is 318 Å². The molecule has 113 heavy (non-hydrogen) atoms. The number of ketones is 4. The Balaban J connectivity index is -0.000000409. The molecule has 2 aromatic heterocycles. The summed E-state index contributed by atoms with van der Waals surface area (Å²) in [5.41, 5.74) is 4.41. The van der Waals surface area contributed by atoms with E-state index >= 15 is 0 Å². The second kappa shape index (κ2) is 98.5. The molecule has 2 heterocycles. The van der Waals surface area contributed by atoms with Crippen molar-refractivity contribution in [1.82, 2.24) is 67.4 Å². The lowest BCUT2D eigenvalue weighted by Crippen LogP contribution is -2.27. The van der Waals surface area contributed by atoms with E-state index in [-0.39, 0.29) is 86.4 Å². The van der Waals surface area contributed by atoms with E-state index in [1.165, 1.54) is 59.0 Å². The molecule has 35 heteroatoms. The Bertz CT molecular complexity index is 2400. The number of methoxy groups -OCH3 is 1. The van der Waals surface area contributed by atoms with Crippen LogP contribution in [0.4, 0.5) is 0 Å². The number of aryl methyl sites for hydroxylation is 2. The molecule has 2 rings (SSSR count). The van der Waals surface area contributed by atoms with Crippen molar-refractivity contribution in [2.75, 3.05) is 241 Å². The molecule has 0 saturated heterocycles. The quantitative estimate of drug-likeness (QED) is 0.0331. The minimum absolute atomic E-state index is 0.0508. The SMILES string of the molecule is CCCOCC(=O)NC.CCCOCCOCC(=O)NC.CCCOCCOCCOCC(=O)NC.CNCCCCCCCCOCC(C)=O.CNCCOCCOCCOCCn1cc(CCCC(C)=O)nn1.CNOCCOCCn1cc(CCCC(C)=O)nn1.COCC(=O)NCCCCCCCCOCC(C)=O. The molecule has 0 aliphatic heterocycles. The third-order valence-corrected chi connectivity index (χ3v) is 14.3. The van der Waals surface area contributed by atoms with Crippen molar-refractivity contribution in [3.05, 3.63) is 23.8 Å². The zero-order valence-electron chi connectivity index (χ0n) is 72.1. The normalized spacial score (nSPS) is 10.5. The molecule has 0 radical (unpaired) electrons. The number of carbonyl (C=O) groups is 8. The van der Waals surface area contributed by atoms with Gasteiger partial charge in [0.25, 0.3) is 0 Å². The van der Waals surface area contributed by atoms with Crippen LogP contribution in [0, 0.1) is 0 Å². The molecule has 664 valence electrons. The highest BCUT2D eigenvalue weighted by Gasteiger charge is 2.07. The summed E-state index contributed by atoms with van der Waals surface area (Å²) in [6.45, 7) is 29.4. The van der Waals surface area contributed by atoms with Gasteiger partial charge in [0.1, 0.15) is 51.2 Å². The molecule has 0 saturated carbocycles. The maximum Gasteiger partial charge on any atom is 0.245 e. The maximum atomic E-state index is 11.1. The summed E-state index contributed by atoms with van der Waals surface area (Å²) in [6, 6.07) is 0. The van der Waals surface area contributed by atoms with Gasteiger partial charge < -0.3 is 103 Å². The van der Waals surface area contributed by atoms with Crippen molar-refractivity contribution in [3.8, 4) is 0 Å².